The molecule has 0 radical (unpaired) electrons. The third-order valence-corrected chi connectivity index (χ3v) is 7.02. The number of benzene rings is 2. The van der Waals surface area contributed by atoms with E-state index in [4.69, 9.17) is 28.4 Å². The maximum Gasteiger partial charge on any atom is 0.203 e. The summed E-state index contributed by atoms with van der Waals surface area (Å²) in [4.78, 5) is 13.6. The Kier molecular flexibility index (Phi) is 7.07. The van der Waals surface area contributed by atoms with E-state index in [2.05, 4.69) is 5.32 Å². The zero-order chi connectivity index (χ0) is 24.4. The second-order valence-electron chi connectivity index (χ2n) is 8.59. The number of hydrogen-bond donors (Lipinski definition) is 1. The molecule has 4 atom stereocenters. The molecule has 1 aliphatic carbocycles. The van der Waals surface area contributed by atoms with Gasteiger partial charge in [0.25, 0.3) is 0 Å². The lowest BCUT2D eigenvalue weighted by atomic mass is 9.67. The number of Topliss-reactive ketones (excluding diaryl/α,β-unsaturated/α-hetero) is 1. The Morgan fingerprint density at radius 2 is 0.971 bits per heavy atom. The molecule has 0 unspecified atom stereocenters. The van der Waals surface area contributed by atoms with Crippen molar-refractivity contribution in [3.63, 3.8) is 0 Å². The largest absolute Gasteiger partial charge is 0.493 e. The minimum absolute atomic E-state index is 0.125. The number of carbonyl (C=O) groups excluding carboxylic acids is 1. The summed E-state index contributed by atoms with van der Waals surface area (Å²) in [5.41, 5.74) is 1.84. The molecule has 1 saturated carbocycles. The van der Waals surface area contributed by atoms with Crippen LogP contribution >= 0.6 is 0 Å². The number of carbonyl (C=O) groups is 1. The normalized spacial score (nSPS) is 23.8. The summed E-state index contributed by atoms with van der Waals surface area (Å²) in [7, 11) is 9.53. The zero-order valence-corrected chi connectivity index (χ0v) is 20.6. The van der Waals surface area contributed by atoms with Gasteiger partial charge in [0.2, 0.25) is 11.5 Å². The topological polar surface area (TPSA) is 84.5 Å². The molecule has 0 aromatic heterocycles. The minimum Gasteiger partial charge on any atom is -0.493 e. The van der Waals surface area contributed by atoms with Crippen LogP contribution in [0, 0.1) is 11.8 Å². The van der Waals surface area contributed by atoms with Crippen molar-refractivity contribution in [3.8, 4) is 34.5 Å². The van der Waals surface area contributed by atoms with Crippen LogP contribution in [-0.4, -0.2) is 48.4 Å². The van der Waals surface area contributed by atoms with Crippen LogP contribution < -0.4 is 33.7 Å². The van der Waals surface area contributed by atoms with Gasteiger partial charge in [-0.25, -0.2) is 0 Å². The van der Waals surface area contributed by atoms with Crippen molar-refractivity contribution in [1.82, 2.24) is 5.32 Å². The van der Waals surface area contributed by atoms with Crippen LogP contribution in [-0.2, 0) is 4.79 Å². The van der Waals surface area contributed by atoms with Crippen molar-refractivity contribution >= 4 is 5.78 Å². The van der Waals surface area contributed by atoms with Crippen molar-refractivity contribution < 1.29 is 33.2 Å². The van der Waals surface area contributed by atoms with Gasteiger partial charge in [0.1, 0.15) is 5.78 Å². The molecule has 2 bridgehead atoms. The third-order valence-electron chi connectivity index (χ3n) is 7.02. The molecule has 2 aromatic rings. The van der Waals surface area contributed by atoms with Crippen LogP contribution in [0.1, 0.15) is 42.5 Å². The summed E-state index contributed by atoms with van der Waals surface area (Å²) in [5.74, 6) is 3.34. The Hall–Kier alpha value is -3.13. The first kappa shape index (κ1) is 24.0. The van der Waals surface area contributed by atoms with Crippen molar-refractivity contribution in [2.75, 3.05) is 42.7 Å². The summed E-state index contributed by atoms with van der Waals surface area (Å²) in [6.45, 7) is 0. The van der Waals surface area contributed by atoms with Crippen molar-refractivity contribution in [1.29, 1.82) is 0 Å². The SMILES string of the molecule is COc1cc([C@H]2N[C@@H](c3cc(OC)c(OC)c(OC)c3)[C@H]3CCC[C@@H]2C3=O)cc(OC)c1OC. The van der Waals surface area contributed by atoms with Crippen molar-refractivity contribution in [2.45, 2.75) is 31.3 Å². The molecule has 1 saturated heterocycles. The molecule has 2 aliphatic rings. The van der Waals surface area contributed by atoms with E-state index < -0.39 is 0 Å². The van der Waals surface area contributed by atoms with Gasteiger partial charge in [-0.2, -0.15) is 0 Å². The quantitative estimate of drug-likeness (QED) is 0.616. The second-order valence-corrected chi connectivity index (χ2v) is 8.59. The van der Waals surface area contributed by atoms with Crippen LogP contribution in [0.2, 0.25) is 0 Å². The standard InChI is InChI=1S/C26H33NO7/c1-29-18-10-14(11-19(30-2)25(18)33-5)22-16-8-7-9-17(24(16)28)23(27-22)15-12-20(31-3)26(34-6)21(13-15)32-4/h10-13,16-17,22-23,27H,7-9H2,1-6H3/t16-,17+,22+,23-. The first-order valence-electron chi connectivity index (χ1n) is 11.4. The van der Waals surface area contributed by atoms with Crippen molar-refractivity contribution in [2.24, 2.45) is 11.8 Å². The van der Waals surface area contributed by atoms with Crippen LogP contribution in [0.4, 0.5) is 0 Å². The van der Waals surface area contributed by atoms with E-state index in [-0.39, 0.29) is 29.7 Å². The van der Waals surface area contributed by atoms with Gasteiger partial charge in [0.15, 0.2) is 23.0 Å². The fraction of sp³-hybridized carbons (Fsp3) is 0.500. The van der Waals surface area contributed by atoms with E-state index in [0.717, 1.165) is 30.4 Å². The summed E-state index contributed by atoms with van der Waals surface area (Å²) < 4.78 is 33.3. The summed E-state index contributed by atoms with van der Waals surface area (Å²) in [6.07, 6.45) is 2.67. The number of methoxy groups -OCH3 is 6. The lowest BCUT2D eigenvalue weighted by Crippen LogP contribution is -2.50. The Bertz CT molecular complexity index is 924. The average molecular weight is 472 g/mol. The average Bonchev–Trinajstić information content (AvgIpc) is 2.86. The highest BCUT2D eigenvalue weighted by Crippen LogP contribution is 2.50. The highest BCUT2D eigenvalue weighted by atomic mass is 16.5. The number of rotatable bonds is 8. The van der Waals surface area contributed by atoms with Gasteiger partial charge in [-0.05, 0) is 48.2 Å². The van der Waals surface area contributed by atoms with Gasteiger partial charge in [-0.1, -0.05) is 6.42 Å². The molecule has 2 aromatic carbocycles. The fourth-order valence-electron chi connectivity index (χ4n) is 5.42. The lowest BCUT2D eigenvalue weighted by Gasteiger charge is -2.45. The van der Waals surface area contributed by atoms with Crippen LogP contribution in [0.15, 0.2) is 24.3 Å². The Morgan fingerprint density at radius 3 is 1.26 bits per heavy atom. The molecule has 1 heterocycles. The molecule has 184 valence electrons. The molecule has 8 nitrogen and oxygen atoms in total. The van der Waals surface area contributed by atoms with Gasteiger partial charge in [-0.15, -0.1) is 0 Å². The number of piperidine rings is 1. The van der Waals surface area contributed by atoms with Gasteiger partial charge in [0.05, 0.1) is 42.7 Å². The molecule has 34 heavy (non-hydrogen) atoms. The number of hydrogen-bond acceptors (Lipinski definition) is 8. The Morgan fingerprint density at radius 1 is 0.618 bits per heavy atom. The molecular weight excluding hydrogens is 438 g/mol. The zero-order valence-electron chi connectivity index (χ0n) is 20.6. The number of nitrogens with one attached hydrogen (secondary N) is 1. The van der Waals surface area contributed by atoms with Gasteiger partial charge in [0, 0.05) is 23.9 Å². The highest BCUT2D eigenvalue weighted by molar-refractivity contribution is 5.87. The van der Waals surface area contributed by atoms with E-state index in [0.29, 0.717) is 34.5 Å². The number of ketones is 1. The molecule has 8 heteroatoms. The Balaban J connectivity index is 1.80. The summed E-state index contributed by atoms with van der Waals surface area (Å²) in [5, 5.41) is 3.77. The second kappa shape index (κ2) is 10.0. The van der Waals surface area contributed by atoms with Crippen LogP contribution in [0.5, 0.6) is 34.5 Å². The molecule has 0 spiro atoms. The van der Waals surface area contributed by atoms with Crippen LogP contribution in [0.25, 0.3) is 0 Å². The van der Waals surface area contributed by atoms with E-state index >= 15 is 0 Å². The maximum absolute atomic E-state index is 13.6. The molecule has 4 rings (SSSR count). The Labute approximate surface area is 200 Å². The minimum atomic E-state index is -0.207. The summed E-state index contributed by atoms with van der Waals surface area (Å²) in [6, 6.07) is 7.28. The van der Waals surface area contributed by atoms with Gasteiger partial charge >= 0.3 is 0 Å². The molecule has 1 aliphatic heterocycles. The van der Waals surface area contributed by atoms with E-state index in [1.54, 1.807) is 42.7 Å². The van der Waals surface area contributed by atoms with Gasteiger partial charge < -0.3 is 33.7 Å². The van der Waals surface area contributed by atoms with E-state index in [1.807, 2.05) is 24.3 Å². The number of fused-ring (bicyclic) bond motifs is 2. The first-order valence-corrected chi connectivity index (χ1v) is 11.4. The van der Waals surface area contributed by atoms with Gasteiger partial charge in [-0.3, -0.25) is 4.79 Å². The molecular formula is C26H33NO7. The smallest absolute Gasteiger partial charge is 0.203 e. The predicted octanol–water partition coefficient (Wildman–Crippen LogP) is 4.11. The summed E-state index contributed by atoms with van der Waals surface area (Å²) >= 11 is 0. The van der Waals surface area contributed by atoms with Crippen LogP contribution in [0.3, 0.4) is 0 Å². The van der Waals surface area contributed by atoms with E-state index in [9.17, 15) is 4.79 Å². The molecule has 2 fully saturated rings. The molecule has 0 amide bonds. The lowest BCUT2D eigenvalue weighted by molar-refractivity contribution is -0.135. The fourth-order valence-corrected chi connectivity index (χ4v) is 5.42. The third kappa shape index (κ3) is 4.00. The van der Waals surface area contributed by atoms with Crippen molar-refractivity contribution in [3.05, 3.63) is 35.4 Å². The highest BCUT2D eigenvalue weighted by Gasteiger charge is 2.47. The maximum atomic E-state index is 13.6. The van der Waals surface area contributed by atoms with E-state index in [1.165, 1.54) is 0 Å². The number of ether oxygens (including phenoxy) is 6. The monoisotopic (exact) mass is 471 g/mol. The first-order chi connectivity index (χ1) is 16.5. The molecule has 1 N–H and O–H groups in total. The predicted molar refractivity (Wildman–Crippen MR) is 127 cm³/mol.